The molecule has 2 fully saturated rings. The number of amides is 3. The quantitative estimate of drug-likeness (QED) is 0.772. The van der Waals surface area contributed by atoms with Gasteiger partial charge in [-0.1, -0.05) is 12.1 Å². The summed E-state index contributed by atoms with van der Waals surface area (Å²) in [6.45, 7) is 4.81. The van der Waals surface area contributed by atoms with Crippen molar-refractivity contribution in [2.75, 3.05) is 49.5 Å². The van der Waals surface area contributed by atoms with Crippen LogP contribution in [0.5, 0.6) is 0 Å². The van der Waals surface area contributed by atoms with Crippen molar-refractivity contribution in [2.45, 2.75) is 26.2 Å². The Morgan fingerprint density at radius 1 is 0.788 bits per heavy atom. The predicted octanol–water partition coefficient (Wildman–Crippen LogP) is 3.37. The Bertz CT molecular complexity index is 1040. The van der Waals surface area contributed by atoms with E-state index >= 15 is 0 Å². The van der Waals surface area contributed by atoms with Crippen LogP contribution in [0.15, 0.2) is 42.5 Å². The van der Waals surface area contributed by atoms with E-state index in [0.717, 1.165) is 38.0 Å². The van der Waals surface area contributed by atoms with Crippen LogP contribution in [0.25, 0.3) is 0 Å². The molecule has 0 saturated carbocycles. The standard InChI is InChI=1S/C25H29FN4O3/c1-18(31)27-19-9-10-23(21(17-19)25(33)29-11-5-2-6-12-29)28-13-15-30(16-14-28)24(32)20-7-3-4-8-22(20)26/h3-4,7-10,17H,2,5-6,11-16H2,1H3,(H,27,31). The molecule has 2 aromatic rings. The molecule has 4 rings (SSSR count). The maximum absolute atomic E-state index is 14.1. The van der Waals surface area contributed by atoms with Crippen molar-refractivity contribution in [2.24, 2.45) is 0 Å². The second kappa shape index (κ2) is 10.0. The maximum Gasteiger partial charge on any atom is 0.256 e. The molecule has 2 saturated heterocycles. The number of halogens is 1. The second-order valence-electron chi connectivity index (χ2n) is 8.53. The number of nitrogens with one attached hydrogen (secondary N) is 1. The lowest BCUT2D eigenvalue weighted by atomic mass is 10.1. The van der Waals surface area contributed by atoms with Crippen LogP contribution in [0.3, 0.4) is 0 Å². The number of likely N-dealkylation sites (tertiary alicyclic amines) is 1. The van der Waals surface area contributed by atoms with E-state index in [-0.39, 0.29) is 23.3 Å². The van der Waals surface area contributed by atoms with Gasteiger partial charge in [0.15, 0.2) is 0 Å². The van der Waals surface area contributed by atoms with Gasteiger partial charge in [0.25, 0.3) is 11.8 Å². The number of hydrogen-bond acceptors (Lipinski definition) is 4. The first kappa shape index (κ1) is 22.8. The van der Waals surface area contributed by atoms with Crippen LogP contribution >= 0.6 is 0 Å². The molecule has 8 heteroatoms. The molecule has 7 nitrogen and oxygen atoms in total. The number of piperazine rings is 1. The fraction of sp³-hybridized carbons (Fsp3) is 0.400. The van der Waals surface area contributed by atoms with E-state index in [9.17, 15) is 18.8 Å². The van der Waals surface area contributed by atoms with Crippen LogP contribution in [-0.2, 0) is 4.79 Å². The van der Waals surface area contributed by atoms with E-state index in [4.69, 9.17) is 0 Å². The molecule has 0 aromatic heterocycles. The fourth-order valence-electron chi connectivity index (χ4n) is 4.49. The van der Waals surface area contributed by atoms with Gasteiger partial charge in [0.1, 0.15) is 5.82 Å². The zero-order chi connectivity index (χ0) is 23.4. The lowest BCUT2D eigenvalue weighted by Crippen LogP contribution is -2.49. The van der Waals surface area contributed by atoms with Gasteiger partial charge in [-0.2, -0.15) is 0 Å². The molecule has 0 radical (unpaired) electrons. The first-order valence-electron chi connectivity index (χ1n) is 11.4. The van der Waals surface area contributed by atoms with Crippen molar-refractivity contribution in [1.29, 1.82) is 0 Å². The number of piperidine rings is 1. The smallest absolute Gasteiger partial charge is 0.256 e. The van der Waals surface area contributed by atoms with E-state index in [1.807, 2.05) is 11.0 Å². The Morgan fingerprint density at radius 3 is 2.09 bits per heavy atom. The number of benzene rings is 2. The third-order valence-corrected chi connectivity index (χ3v) is 6.20. The molecule has 1 N–H and O–H groups in total. The summed E-state index contributed by atoms with van der Waals surface area (Å²) < 4.78 is 14.1. The highest BCUT2D eigenvalue weighted by Crippen LogP contribution is 2.28. The summed E-state index contributed by atoms with van der Waals surface area (Å²) in [5, 5.41) is 2.76. The van der Waals surface area contributed by atoms with Gasteiger partial charge in [0, 0.05) is 57.6 Å². The molecule has 0 unspecified atom stereocenters. The molecule has 2 aliphatic rings. The van der Waals surface area contributed by atoms with Crippen LogP contribution < -0.4 is 10.2 Å². The molecule has 0 aliphatic carbocycles. The molecule has 33 heavy (non-hydrogen) atoms. The number of carbonyl (C=O) groups excluding carboxylic acids is 3. The Labute approximate surface area is 193 Å². The number of rotatable bonds is 4. The van der Waals surface area contributed by atoms with Gasteiger partial charge in [-0.3, -0.25) is 14.4 Å². The average molecular weight is 453 g/mol. The molecule has 174 valence electrons. The molecule has 2 aliphatic heterocycles. The SMILES string of the molecule is CC(=O)Nc1ccc(N2CCN(C(=O)c3ccccc3F)CC2)c(C(=O)N2CCCCC2)c1. The van der Waals surface area contributed by atoms with Crippen LogP contribution in [0.2, 0.25) is 0 Å². The van der Waals surface area contributed by atoms with Gasteiger partial charge in [-0.05, 0) is 49.6 Å². The zero-order valence-corrected chi connectivity index (χ0v) is 18.8. The zero-order valence-electron chi connectivity index (χ0n) is 18.8. The molecular weight excluding hydrogens is 423 g/mol. The van der Waals surface area contributed by atoms with Crippen molar-refractivity contribution in [3.63, 3.8) is 0 Å². The molecule has 0 atom stereocenters. The molecule has 0 spiro atoms. The van der Waals surface area contributed by atoms with Crippen LogP contribution in [0, 0.1) is 5.82 Å². The van der Waals surface area contributed by atoms with Crippen molar-refractivity contribution in [3.05, 3.63) is 59.4 Å². The van der Waals surface area contributed by atoms with E-state index in [1.165, 1.54) is 19.1 Å². The summed E-state index contributed by atoms with van der Waals surface area (Å²) in [5.41, 5.74) is 2.00. The summed E-state index contributed by atoms with van der Waals surface area (Å²) >= 11 is 0. The number of anilines is 2. The van der Waals surface area contributed by atoms with Crippen LogP contribution in [-0.4, -0.2) is 66.8 Å². The topological polar surface area (TPSA) is 73.0 Å². The van der Waals surface area contributed by atoms with Crippen LogP contribution in [0.1, 0.15) is 46.9 Å². The van der Waals surface area contributed by atoms with E-state index in [1.54, 1.807) is 29.2 Å². The first-order valence-corrected chi connectivity index (χ1v) is 11.4. The highest BCUT2D eigenvalue weighted by atomic mass is 19.1. The van der Waals surface area contributed by atoms with E-state index in [0.29, 0.717) is 37.4 Å². The van der Waals surface area contributed by atoms with Crippen molar-refractivity contribution >= 4 is 29.1 Å². The van der Waals surface area contributed by atoms with Crippen molar-refractivity contribution < 1.29 is 18.8 Å². The van der Waals surface area contributed by atoms with E-state index < -0.39 is 5.82 Å². The Balaban J connectivity index is 1.53. The summed E-state index contributed by atoms with van der Waals surface area (Å²) in [6.07, 6.45) is 3.10. The van der Waals surface area contributed by atoms with Gasteiger partial charge >= 0.3 is 0 Å². The Morgan fingerprint density at radius 2 is 1.42 bits per heavy atom. The van der Waals surface area contributed by atoms with Crippen molar-refractivity contribution in [3.8, 4) is 0 Å². The summed E-state index contributed by atoms with van der Waals surface area (Å²) in [6, 6.07) is 11.4. The average Bonchev–Trinajstić information content (AvgIpc) is 2.84. The lowest BCUT2D eigenvalue weighted by molar-refractivity contribution is -0.114. The van der Waals surface area contributed by atoms with Crippen molar-refractivity contribution in [1.82, 2.24) is 9.80 Å². The summed E-state index contributed by atoms with van der Waals surface area (Å²) in [7, 11) is 0. The second-order valence-corrected chi connectivity index (χ2v) is 8.53. The van der Waals surface area contributed by atoms with Gasteiger partial charge in [0.2, 0.25) is 5.91 Å². The minimum Gasteiger partial charge on any atom is -0.367 e. The largest absolute Gasteiger partial charge is 0.367 e. The third-order valence-electron chi connectivity index (χ3n) is 6.20. The molecule has 0 bridgehead atoms. The van der Waals surface area contributed by atoms with Gasteiger partial charge in [-0.15, -0.1) is 0 Å². The summed E-state index contributed by atoms with van der Waals surface area (Å²) in [5.74, 6) is -1.08. The fourth-order valence-corrected chi connectivity index (χ4v) is 4.49. The number of hydrogen-bond donors (Lipinski definition) is 1. The van der Waals surface area contributed by atoms with Crippen LogP contribution in [0.4, 0.5) is 15.8 Å². The third kappa shape index (κ3) is 5.16. The highest BCUT2D eigenvalue weighted by molar-refractivity contribution is 6.02. The van der Waals surface area contributed by atoms with Gasteiger partial charge in [0.05, 0.1) is 11.1 Å². The molecule has 2 heterocycles. The van der Waals surface area contributed by atoms with Gasteiger partial charge < -0.3 is 20.0 Å². The summed E-state index contributed by atoms with van der Waals surface area (Å²) in [4.78, 5) is 43.3. The number of carbonyl (C=O) groups is 3. The predicted molar refractivity (Wildman–Crippen MR) is 125 cm³/mol. The molecule has 2 aromatic carbocycles. The lowest BCUT2D eigenvalue weighted by Gasteiger charge is -2.37. The minimum absolute atomic E-state index is 0.0400. The molecular formula is C25H29FN4O3. The van der Waals surface area contributed by atoms with E-state index in [2.05, 4.69) is 10.2 Å². The Kier molecular flexibility index (Phi) is 6.91. The van der Waals surface area contributed by atoms with Gasteiger partial charge in [-0.25, -0.2) is 4.39 Å². The number of nitrogens with zero attached hydrogens (tertiary/aromatic N) is 3. The minimum atomic E-state index is -0.520. The normalized spacial score (nSPS) is 16.5. The Hall–Kier alpha value is -3.42. The maximum atomic E-state index is 14.1. The highest BCUT2D eigenvalue weighted by Gasteiger charge is 2.28. The molecule has 3 amide bonds. The monoisotopic (exact) mass is 452 g/mol. The first-order chi connectivity index (χ1) is 15.9.